The maximum absolute atomic E-state index is 5.41. The third-order valence-electron chi connectivity index (χ3n) is 2.88. The summed E-state index contributed by atoms with van der Waals surface area (Å²) in [6.07, 6.45) is 3.01. The Balaban J connectivity index is 1.92. The van der Waals surface area contributed by atoms with E-state index in [0.717, 1.165) is 18.8 Å². The quantitative estimate of drug-likeness (QED) is 0.793. The van der Waals surface area contributed by atoms with Crippen molar-refractivity contribution in [1.82, 2.24) is 9.88 Å². The summed E-state index contributed by atoms with van der Waals surface area (Å²) in [5.74, 6) is 1.58. The Kier molecular flexibility index (Phi) is 2.46. The molecule has 78 valence electrons. The van der Waals surface area contributed by atoms with Crippen LogP contribution in [0.2, 0.25) is 0 Å². The largest absolute Gasteiger partial charge is 0.428 e. The molecular weight excluding hydrogens is 178 g/mol. The van der Waals surface area contributed by atoms with Gasteiger partial charge >= 0.3 is 0 Å². The molecule has 1 fully saturated rings. The first-order chi connectivity index (χ1) is 6.66. The molecule has 1 unspecified atom stereocenters. The molecule has 1 aromatic rings. The molecule has 0 radical (unpaired) electrons. The standard InChI is InChI=1S/C10H17N3O/c1-7(2)9-3-4-13(9)6-8-5-12-10(11)14-8/h5,7,9H,3-4,6H2,1-2H3,(H2,11,12). The molecule has 0 amide bonds. The second kappa shape index (κ2) is 3.61. The molecule has 0 spiro atoms. The Labute approximate surface area is 84.1 Å². The number of rotatable bonds is 3. The van der Waals surface area contributed by atoms with Gasteiger partial charge in [0.25, 0.3) is 6.01 Å². The van der Waals surface area contributed by atoms with E-state index in [4.69, 9.17) is 10.2 Å². The van der Waals surface area contributed by atoms with Gasteiger partial charge in [0.05, 0.1) is 12.7 Å². The molecule has 0 aromatic carbocycles. The van der Waals surface area contributed by atoms with Crippen molar-refractivity contribution >= 4 is 6.01 Å². The van der Waals surface area contributed by atoms with Crippen molar-refractivity contribution in [1.29, 1.82) is 0 Å². The first-order valence-electron chi connectivity index (χ1n) is 5.11. The number of hydrogen-bond acceptors (Lipinski definition) is 4. The zero-order valence-electron chi connectivity index (χ0n) is 8.73. The van der Waals surface area contributed by atoms with E-state index in [1.54, 1.807) is 6.20 Å². The zero-order valence-corrected chi connectivity index (χ0v) is 8.73. The van der Waals surface area contributed by atoms with Crippen molar-refractivity contribution in [3.8, 4) is 0 Å². The minimum absolute atomic E-state index is 0.265. The number of aromatic nitrogens is 1. The lowest BCUT2D eigenvalue weighted by atomic mass is 9.92. The molecule has 1 aromatic heterocycles. The van der Waals surface area contributed by atoms with Gasteiger partial charge in [-0.2, -0.15) is 0 Å². The zero-order chi connectivity index (χ0) is 10.1. The summed E-state index contributed by atoms with van der Waals surface area (Å²) in [5, 5.41) is 0. The summed E-state index contributed by atoms with van der Waals surface area (Å²) < 4.78 is 5.24. The Morgan fingerprint density at radius 1 is 1.71 bits per heavy atom. The molecule has 2 N–H and O–H groups in total. The average molecular weight is 195 g/mol. The normalized spacial score (nSPS) is 22.6. The molecule has 2 rings (SSSR count). The highest BCUT2D eigenvalue weighted by Crippen LogP contribution is 2.26. The van der Waals surface area contributed by atoms with Crippen LogP contribution in [0.25, 0.3) is 0 Å². The lowest BCUT2D eigenvalue weighted by Gasteiger charge is -2.43. The molecule has 0 bridgehead atoms. The van der Waals surface area contributed by atoms with E-state index in [9.17, 15) is 0 Å². The molecule has 14 heavy (non-hydrogen) atoms. The van der Waals surface area contributed by atoms with Crippen LogP contribution in [-0.4, -0.2) is 22.5 Å². The molecule has 4 heteroatoms. The molecule has 1 atom stereocenters. The minimum Gasteiger partial charge on any atom is -0.428 e. The summed E-state index contributed by atoms with van der Waals surface area (Å²) in [5.41, 5.74) is 5.41. The van der Waals surface area contributed by atoms with Crippen molar-refractivity contribution in [3.05, 3.63) is 12.0 Å². The number of nitrogens with two attached hydrogens (primary N) is 1. The molecule has 1 aliphatic rings. The van der Waals surface area contributed by atoms with E-state index in [0.29, 0.717) is 12.0 Å². The average Bonchev–Trinajstić information content (AvgIpc) is 2.44. The van der Waals surface area contributed by atoms with Gasteiger partial charge in [-0.25, -0.2) is 4.98 Å². The maximum Gasteiger partial charge on any atom is 0.292 e. The number of anilines is 1. The number of nitrogen functional groups attached to an aromatic ring is 1. The van der Waals surface area contributed by atoms with Crippen LogP contribution in [0.1, 0.15) is 26.0 Å². The van der Waals surface area contributed by atoms with Gasteiger partial charge in [0.15, 0.2) is 0 Å². The molecule has 2 heterocycles. The Hall–Kier alpha value is -1.03. The van der Waals surface area contributed by atoms with E-state index in [2.05, 4.69) is 23.7 Å². The summed E-state index contributed by atoms with van der Waals surface area (Å²) in [6, 6.07) is 0.961. The maximum atomic E-state index is 5.41. The van der Waals surface area contributed by atoms with E-state index >= 15 is 0 Å². The highest BCUT2D eigenvalue weighted by Gasteiger charge is 2.30. The molecule has 1 saturated heterocycles. The third kappa shape index (κ3) is 1.75. The van der Waals surface area contributed by atoms with Gasteiger partial charge < -0.3 is 10.2 Å². The lowest BCUT2D eigenvalue weighted by molar-refractivity contribution is 0.0421. The van der Waals surface area contributed by atoms with E-state index in [1.807, 2.05) is 0 Å². The summed E-state index contributed by atoms with van der Waals surface area (Å²) in [4.78, 5) is 6.29. The van der Waals surface area contributed by atoms with E-state index in [1.165, 1.54) is 6.42 Å². The second-order valence-corrected chi connectivity index (χ2v) is 4.24. The second-order valence-electron chi connectivity index (χ2n) is 4.24. The summed E-state index contributed by atoms with van der Waals surface area (Å²) >= 11 is 0. The van der Waals surface area contributed by atoms with Crippen LogP contribution in [-0.2, 0) is 6.54 Å². The highest BCUT2D eigenvalue weighted by molar-refractivity contribution is 5.11. The molecular formula is C10H17N3O. The Morgan fingerprint density at radius 2 is 2.50 bits per heavy atom. The van der Waals surface area contributed by atoms with Crippen molar-refractivity contribution < 1.29 is 4.42 Å². The van der Waals surface area contributed by atoms with E-state index in [-0.39, 0.29) is 6.01 Å². The van der Waals surface area contributed by atoms with Gasteiger partial charge in [0.2, 0.25) is 0 Å². The predicted molar refractivity (Wildman–Crippen MR) is 54.6 cm³/mol. The van der Waals surface area contributed by atoms with Gasteiger partial charge in [-0.3, -0.25) is 4.90 Å². The fraction of sp³-hybridized carbons (Fsp3) is 0.700. The van der Waals surface area contributed by atoms with Crippen molar-refractivity contribution in [3.63, 3.8) is 0 Å². The number of likely N-dealkylation sites (tertiary alicyclic amines) is 1. The Bertz CT molecular complexity index is 308. The predicted octanol–water partition coefficient (Wildman–Crippen LogP) is 1.49. The van der Waals surface area contributed by atoms with Gasteiger partial charge in [-0.1, -0.05) is 13.8 Å². The van der Waals surface area contributed by atoms with Gasteiger partial charge in [-0.15, -0.1) is 0 Å². The number of oxazole rings is 1. The number of nitrogens with zero attached hydrogens (tertiary/aromatic N) is 2. The van der Waals surface area contributed by atoms with Crippen LogP contribution in [0.4, 0.5) is 6.01 Å². The molecule has 4 nitrogen and oxygen atoms in total. The highest BCUT2D eigenvalue weighted by atomic mass is 16.4. The van der Waals surface area contributed by atoms with Crippen LogP contribution in [0.15, 0.2) is 10.6 Å². The molecule has 1 aliphatic heterocycles. The summed E-state index contributed by atoms with van der Waals surface area (Å²) in [6.45, 7) is 6.51. The first-order valence-corrected chi connectivity index (χ1v) is 5.11. The molecule has 0 saturated carbocycles. The van der Waals surface area contributed by atoms with Crippen molar-refractivity contribution in [2.24, 2.45) is 5.92 Å². The number of hydrogen-bond donors (Lipinski definition) is 1. The first kappa shape index (κ1) is 9.52. The van der Waals surface area contributed by atoms with Gasteiger partial charge in [0, 0.05) is 12.6 Å². The lowest BCUT2D eigenvalue weighted by Crippen LogP contribution is -2.49. The minimum atomic E-state index is 0.265. The van der Waals surface area contributed by atoms with Crippen LogP contribution < -0.4 is 5.73 Å². The summed E-state index contributed by atoms with van der Waals surface area (Å²) in [7, 11) is 0. The third-order valence-corrected chi connectivity index (χ3v) is 2.88. The van der Waals surface area contributed by atoms with Crippen LogP contribution in [0.5, 0.6) is 0 Å². The van der Waals surface area contributed by atoms with Gasteiger partial charge in [0.1, 0.15) is 5.76 Å². The van der Waals surface area contributed by atoms with Gasteiger partial charge in [-0.05, 0) is 12.3 Å². The van der Waals surface area contributed by atoms with Crippen LogP contribution in [0.3, 0.4) is 0 Å². The van der Waals surface area contributed by atoms with Crippen LogP contribution >= 0.6 is 0 Å². The Morgan fingerprint density at radius 3 is 2.93 bits per heavy atom. The van der Waals surface area contributed by atoms with Crippen LogP contribution in [0, 0.1) is 5.92 Å². The monoisotopic (exact) mass is 195 g/mol. The fourth-order valence-electron chi connectivity index (χ4n) is 2.01. The smallest absolute Gasteiger partial charge is 0.292 e. The SMILES string of the molecule is CC(C)C1CCN1Cc1cnc(N)o1. The van der Waals surface area contributed by atoms with Crippen molar-refractivity contribution in [2.45, 2.75) is 32.9 Å². The molecule has 0 aliphatic carbocycles. The van der Waals surface area contributed by atoms with E-state index < -0.39 is 0 Å². The van der Waals surface area contributed by atoms with Crippen molar-refractivity contribution in [2.75, 3.05) is 12.3 Å². The fourth-order valence-corrected chi connectivity index (χ4v) is 2.01. The topological polar surface area (TPSA) is 55.3 Å².